The molecule has 2 unspecified atom stereocenters. The summed E-state index contributed by atoms with van der Waals surface area (Å²) in [5.74, 6) is 0. The maximum absolute atomic E-state index is 5.85. The summed E-state index contributed by atoms with van der Waals surface area (Å²) in [6, 6.07) is 2.62. The maximum Gasteiger partial charge on any atom is 0.0880 e. The summed E-state index contributed by atoms with van der Waals surface area (Å²) in [7, 11) is 0. The highest BCUT2D eigenvalue weighted by atomic mass is 16.5. The highest BCUT2D eigenvalue weighted by Gasteiger charge is 2.19. The molecule has 4 heteroatoms. The van der Waals surface area contributed by atoms with E-state index in [1.54, 1.807) is 0 Å². The highest BCUT2D eigenvalue weighted by Crippen LogP contribution is 2.14. The second-order valence-corrected chi connectivity index (χ2v) is 5.31. The van der Waals surface area contributed by atoms with Crippen LogP contribution in [0.25, 0.3) is 0 Å². The third-order valence-corrected chi connectivity index (χ3v) is 3.87. The molecule has 0 aliphatic carbocycles. The number of aromatic nitrogens is 1. The number of rotatable bonds is 6. The van der Waals surface area contributed by atoms with Crippen LogP contribution in [0.15, 0.2) is 18.5 Å². The molecular weight excluding hydrogens is 238 g/mol. The number of ether oxygens (including phenoxy) is 1. The van der Waals surface area contributed by atoms with E-state index in [1.165, 1.54) is 5.56 Å². The van der Waals surface area contributed by atoms with Crippen LogP contribution >= 0.6 is 0 Å². The van der Waals surface area contributed by atoms with E-state index in [9.17, 15) is 0 Å². The van der Waals surface area contributed by atoms with Crippen molar-refractivity contribution >= 4 is 0 Å². The molecule has 1 N–H and O–H groups in total. The molecule has 1 saturated heterocycles. The molecular formula is C15H27N3O. The lowest BCUT2D eigenvalue weighted by Crippen LogP contribution is -2.43. The lowest BCUT2D eigenvalue weighted by atomic mass is 10.2. The van der Waals surface area contributed by atoms with E-state index in [2.05, 4.69) is 54.0 Å². The van der Waals surface area contributed by atoms with Gasteiger partial charge in [-0.2, -0.15) is 0 Å². The molecule has 2 atom stereocenters. The average Bonchev–Trinajstić information content (AvgIpc) is 2.88. The third-order valence-electron chi connectivity index (χ3n) is 3.87. The van der Waals surface area contributed by atoms with E-state index in [-0.39, 0.29) is 0 Å². The average molecular weight is 265 g/mol. The number of nitrogens with zero attached hydrogens (tertiary/aromatic N) is 2. The number of morpholine rings is 1. The Bertz CT molecular complexity index is 377. The van der Waals surface area contributed by atoms with Gasteiger partial charge in [0.2, 0.25) is 0 Å². The van der Waals surface area contributed by atoms with Crippen LogP contribution in [0.4, 0.5) is 0 Å². The van der Waals surface area contributed by atoms with Gasteiger partial charge in [-0.05, 0) is 31.6 Å². The molecule has 1 aliphatic rings. The summed E-state index contributed by atoms with van der Waals surface area (Å²) in [5, 5.41) is 3.44. The molecule has 19 heavy (non-hydrogen) atoms. The molecule has 2 heterocycles. The summed E-state index contributed by atoms with van der Waals surface area (Å²) < 4.78 is 8.11. The number of nitrogens with one attached hydrogen (secondary N) is 1. The van der Waals surface area contributed by atoms with Crippen LogP contribution in [0.1, 0.15) is 32.4 Å². The van der Waals surface area contributed by atoms with E-state index < -0.39 is 0 Å². The fourth-order valence-electron chi connectivity index (χ4n) is 2.67. The first kappa shape index (κ1) is 14.6. The molecule has 0 amide bonds. The van der Waals surface area contributed by atoms with Gasteiger partial charge in [0.05, 0.1) is 12.7 Å². The fourth-order valence-corrected chi connectivity index (χ4v) is 2.67. The fraction of sp³-hybridized carbons (Fsp3) is 0.733. The van der Waals surface area contributed by atoms with E-state index in [0.29, 0.717) is 12.1 Å². The summed E-state index contributed by atoms with van der Waals surface area (Å²) in [6.07, 6.45) is 4.72. The molecule has 1 fully saturated rings. The van der Waals surface area contributed by atoms with Crippen molar-refractivity contribution < 1.29 is 4.74 Å². The largest absolute Gasteiger partial charge is 0.374 e. The lowest BCUT2D eigenvalue weighted by molar-refractivity contribution is -0.0342. The van der Waals surface area contributed by atoms with E-state index in [4.69, 9.17) is 4.74 Å². The van der Waals surface area contributed by atoms with Gasteiger partial charge in [-0.3, -0.25) is 4.90 Å². The van der Waals surface area contributed by atoms with Crippen LogP contribution in [0.5, 0.6) is 0 Å². The van der Waals surface area contributed by atoms with Crippen molar-refractivity contribution in [3.8, 4) is 0 Å². The quantitative estimate of drug-likeness (QED) is 0.851. The maximum atomic E-state index is 5.85. The SMILES string of the molecule is CCNC(C)c1ccn(CC2CN(CC)CCO2)c1. The zero-order valence-corrected chi connectivity index (χ0v) is 12.4. The first-order valence-electron chi connectivity index (χ1n) is 7.46. The van der Waals surface area contributed by atoms with Crippen molar-refractivity contribution in [1.82, 2.24) is 14.8 Å². The van der Waals surface area contributed by atoms with E-state index >= 15 is 0 Å². The van der Waals surface area contributed by atoms with Crippen molar-refractivity contribution in [2.75, 3.05) is 32.8 Å². The standard InChI is InChI=1S/C15H27N3O/c1-4-16-13(3)14-6-7-18(10-14)12-15-11-17(5-2)8-9-19-15/h6-7,10,13,15-16H,4-5,8-9,11-12H2,1-3H3. The van der Waals surface area contributed by atoms with E-state index in [1.807, 2.05) is 0 Å². The van der Waals surface area contributed by atoms with Crippen LogP contribution in [-0.2, 0) is 11.3 Å². The second kappa shape index (κ2) is 7.08. The molecule has 0 spiro atoms. The summed E-state index contributed by atoms with van der Waals surface area (Å²) in [6.45, 7) is 12.6. The van der Waals surface area contributed by atoms with Gasteiger partial charge >= 0.3 is 0 Å². The van der Waals surface area contributed by atoms with Gasteiger partial charge < -0.3 is 14.6 Å². The van der Waals surface area contributed by atoms with Gasteiger partial charge in [-0.1, -0.05) is 13.8 Å². The van der Waals surface area contributed by atoms with Crippen molar-refractivity contribution in [1.29, 1.82) is 0 Å². The molecule has 0 aromatic carbocycles. The van der Waals surface area contributed by atoms with Crippen LogP contribution < -0.4 is 5.32 Å². The second-order valence-electron chi connectivity index (χ2n) is 5.31. The Morgan fingerprint density at radius 3 is 3.05 bits per heavy atom. The third kappa shape index (κ3) is 4.06. The molecule has 108 valence electrons. The Balaban J connectivity index is 1.88. The Hall–Kier alpha value is -0.840. The van der Waals surface area contributed by atoms with Gasteiger partial charge in [0, 0.05) is 38.1 Å². The van der Waals surface area contributed by atoms with Gasteiger partial charge in [0.1, 0.15) is 0 Å². The van der Waals surface area contributed by atoms with Crippen molar-refractivity contribution in [3.63, 3.8) is 0 Å². The van der Waals surface area contributed by atoms with Crippen LogP contribution in [0.3, 0.4) is 0 Å². The molecule has 0 bridgehead atoms. The molecule has 1 aliphatic heterocycles. The lowest BCUT2D eigenvalue weighted by Gasteiger charge is -2.32. The van der Waals surface area contributed by atoms with Crippen molar-refractivity contribution in [3.05, 3.63) is 24.0 Å². The Morgan fingerprint density at radius 1 is 1.47 bits per heavy atom. The van der Waals surface area contributed by atoms with Gasteiger partial charge in [-0.15, -0.1) is 0 Å². The molecule has 4 nitrogen and oxygen atoms in total. The minimum atomic E-state index is 0.323. The zero-order chi connectivity index (χ0) is 13.7. The normalized spacial score (nSPS) is 22.6. The first-order valence-corrected chi connectivity index (χ1v) is 7.46. The van der Waals surface area contributed by atoms with Gasteiger partial charge in [0.15, 0.2) is 0 Å². The number of hydrogen-bond donors (Lipinski definition) is 1. The molecule has 0 radical (unpaired) electrons. The Morgan fingerprint density at radius 2 is 2.32 bits per heavy atom. The number of likely N-dealkylation sites (N-methyl/N-ethyl adjacent to an activating group) is 1. The van der Waals surface area contributed by atoms with Crippen LogP contribution in [-0.4, -0.2) is 48.4 Å². The first-order chi connectivity index (χ1) is 9.22. The zero-order valence-electron chi connectivity index (χ0n) is 12.4. The Kier molecular flexibility index (Phi) is 5.43. The summed E-state index contributed by atoms with van der Waals surface area (Å²) in [4.78, 5) is 2.46. The minimum absolute atomic E-state index is 0.323. The van der Waals surface area contributed by atoms with Crippen molar-refractivity contribution in [2.45, 2.75) is 39.5 Å². The highest BCUT2D eigenvalue weighted by molar-refractivity contribution is 5.14. The molecule has 1 aromatic rings. The minimum Gasteiger partial charge on any atom is -0.374 e. The van der Waals surface area contributed by atoms with Crippen molar-refractivity contribution in [2.24, 2.45) is 0 Å². The number of hydrogen-bond acceptors (Lipinski definition) is 3. The predicted molar refractivity (Wildman–Crippen MR) is 78.4 cm³/mol. The van der Waals surface area contributed by atoms with Gasteiger partial charge in [-0.25, -0.2) is 0 Å². The molecule has 2 rings (SSSR count). The molecule has 0 saturated carbocycles. The predicted octanol–water partition coefficient (Wildman–Crippen LogP) is 1.88. The van der Waals surface area contributed by atoms with Crippen LogP contribution in [0.2, 0.25) is 0 Å². The topological polar surface area (TPSA) is 29.4 Å². The smallest absolute Gasteiger partial charge is 0.0880 e. The molecule has 1 aromatic heterocycles. The summed E-state index contributed by atoms with van der Waals surface area (Å²) >= 11 is 0. The Labute approximate surface area is 116 Å². The summed E-state index contributed by atoms with van der Waals surface area (Å²) in [5.41, 5.74) is 1.35. The van der Waals surface area contributed by atoms with Gasteiger partial charge in [0.25, 0.3) is 0 Å². The van der Waals surface area contributed by atoms with Crippen LogP contribution in [0, 0.1) is 0 Å². The monoisotopic (exact) mass is 265 g/mol. The van der Waals surface area contributed by atoms with E-state index in [0.717, 1.165) is 39.3 Å².